The summed E-state index contributed by atoms with van der Waals surface area (Å²) in [5.41, 5.74) is 19.0. The molecule has 10 rings (SSSR count). The van der Waals surface area contributed by atoms with E-state index in [1.165, 1.54) is 98.3 Å². The van der Waals surface area contributed by atoms with Crippen LogP contribution in [0.4, 0.5) is 0 Å². The zero-order valence-electron chi connectivity index (χ0n) is 33.7. The van der Waals surface area contributed by atoms with Crippen LogP contribution >= 0.6 is 11.3 Å². The zero-order chi connectivity index (χ0) is 38.6. The average Bonchev–Trinajstić information content (AvgIpc) is 3.73. The van der Waals surface area contributed by atoms with Gasteiger partial charge < -0.3 is 4.42 Å². The molecule has 0 N–H and O–H groups in total. The number of rotatable bonds is 2. The number of benzene rings is 4. The van der Waals surface area contributed by atoms with Crippen molar-refractivity contribution in [2.75, 3.05) is 0 Å². The lowest BCUT2D eigenvalue weighted by Crippen LogP contribution is -2.51. The topological polar surface area (TPSA) is 20.9 Å². The Labute approximate surface area is 334 Å². The minimum absolute atomic E-state index is 0.0847. The van der Waals surface area contributed by atoms with Gasteiger partial charge in [-0.3, -0.25) is 0 Å². The first-order valence-corrected chi connectivity index (χ1v) is 21.0. The molecule has 56 heavy (non-hydrogen) atoms. The Morgan fingerprint density at radius 1 is 0.750 bits per heavy atom. The molecule has 4 aromatic carbocycles. The van der Waals surface area contributed by atoms with Gasteiger partial charge in [-0.25, -0.2) is 0 Å². The van der Waals surface area contributed by atoms with Gasteiger partial charge in [0.1, 0.15) is 11.2 Å². The molecule has 4 aromatic heterocycles. The summed E-state index contributed by atoms with van der Waals surface area (Å²) in [4.78, 5) is 1.30. The highest BCUT2D eigenvalue weighted by Gasteiger charge is 2.44. The van der Waals surface area contributed by atoms with E-state index in [0.717, 1.165) is 30.4 Å². The van der Waals surface area contributed by atoms with E-state index in [1.54, 1.807) is 0 Å². The van der Waals surface area contributed by atoms with Crippen LogP contribution in [0.5, 0.6) is 0 Å². The van der Waals surface area contributed by atoms with Gasteiger partial charge in [0.05, 0.1) is 17.1 Å². The molecule has 0 spiro atoms. The first-order chi connectivity index (χ1) is 26.9. The molecule has 0 radical (unpaired) electrons. The number of hydrogen-bond acceptors (Lipinski definition) is 2. The third-order valence-corrected chi connectivity index (χ3v) is 13.5. The summed E-state index contributed by atoms with van der Waals surface area (Å²) in [6, 6.07) is 34.6. The van der Waals surface area contributed by atoms with E-state index in [9.17, 15) is 0 Å². The summed E-state index contributed by atoms with van der Waals surface area (Å²) in [7, 11) is 0. The minimum Gasteiger partial charge on any atom is -0.454 e. The van der Waals surface area contributed by atoms with Gasteiger partial charge in [0.25, 0.3) is 0 Å². The molecule has 278 valence electrons. The highest BCUT2D eigenvalue weighted by Crippen LogP contribution is 2.47. The summed E-state index contributed by atoms with van der Waals surface area (Å²) < 4.78 is 13.6. The summed E-state index contributed by atoms with van der Waals surface area (Å²) in [6.07, 6.45) is 7.71. The van der Waals surface area contributed by atoms with E-state index in [2.05, 4.69) is 161 Å². The molecule has 4 heteroatoms. The van der Waals surface area contributed by atoms with E-state index < -0.39 is 0 Å². The second-order valence-corrected chi connectivity index (χ2v) is 19.1. The molecule has 8 aromatic rings. The molecule has 2 atom stereocenters. The van der Waals surface area contributed by atoms with Crippen molar-refractivity contribution in [2.45, 2.75) is 86.2 Å². The van der Waals surface area contributed by atoms with Gasteiger partial charge >= 0.3 is 0 Å². The van der Waals surface area contributed by atoms with Gasteiger partial charge in [-0.1, -0.05) is 75.9 Å². The maximum Gasteiger partial charge on any atom is 0.217 e. The smallest absolute Gasteiger partial charge is 0.217 e. The van der Waals surface area contributed by atoms with E-state index in [-0.39, 0.29) is 17.4 Å². The molecule has 0 saturated heterocycles. The normalized spacial score (nSPS) is 16.7. The molecule has 0 saturated carbocycles. The van der Waals surface area contributed by atoms with Crippen molar-refractivity contribution in [1.82, 2.24) is 0 Å². The Kier molecular flexibility index (Phi) is 8.06. The van der Waals surface area contributed by atoms with Crippen LogP contribution in [0.3, 0.4) is 0 Å². The van der Waals surface area contributed by atoms with Crippen molar-refractivity contribution in [3.63, 3.8) is 0 Å². The zero-order valence-corrected chi connectivity index (χ0v) is 34.5. The largest absolute Gasteiger partial charge is 0.454 e. The quantitative estimate of drug-likeness (QED) is 0.127. The van der Waals surface area contributed by atoms with E-state index in [1.807, 2.05) is 11.3 Å². The van der Waals surface area contributed by atoms with Crippen LogP contribution in [0, 0.1) is 33.1 Å². The lowest BCUT2D eigenvalue weighted by molar-refractivity contribution is -0.723. The Bertz CT molecular complexity index is 2910. The van der Waals surface area contributed by atoms with Crippen molar-refractivity contribution < 1.29 is 13.6 Å². The number of fused-ring (bicyclic) bond motifs is 15. The standard InChI is InChI=1S/C52H50N2OS/c1-30-16-22-44-38-15-10-9-14-37(38)39-19-17-35-18-20-41-40-21-23-46-42(24-34(5)56-46)50(40)55-51(41)48(35)45-25-36(26-52(6,7)8)43(47-31(2)12-11-13-32(47)3)29-53(45)28-33(4)49(39)54(44)27-30/h9-16,18,20-25,27,29,39,49H,4,17,19,26,28H2,1-3,5-8H3/q+2. The second-order valence-electron chi connectivity index (χ2n) is 17.9. The fraction of sp³-hybridized carbons (Fsp3) is 0.269. The monoisotopic (exact) mass is 750 g/mol. The molecule has 2 unspecified atom stereocenters. The molecule has 3 nitrogen and oxygen atoms in total. The number of aryl methyl sites for hydroxylation is 5. The Morgan fingerprint density at radius 3 is 2.32 bits per heavy atom. The molecule has 0 aliphatic carbocycles. The summed E-state index contributed by atoms with van der Waals surface area (Å²) in [5, 5.41) is 3.58. The molecule has 0 fully saturated rings. The van der Waals surface area contributed by atoms with Crippen LogP contribution in [0.2, 0.25) is 0 Å². The highest BCUT2D eigenvalue weighted by molar-refractivity contribution is 7.19. The Hall–Kier alpha value is -5.32. The van der Waals surface area contributed by atoms with Gasteiger partial charge in [-0.05, 0) is 116 Å². The molecular weight excluding hydrogens is 701 g/mol. The van der Waals surface area contributed by atoms with E-state index in [0.29, 0.717) is 6.54 Å². The summed E-state index contributed by atoms with van der Waals surface area (Å²) in [5.74, 6) is 0.269. The first-order valence-electron chi connectivity index (χ1n) is 20.2. The van der Waals surface area contributed by atoms with E-state index >= 15 is 0 Å². The lowest BCUT2D eigenvalue weighted by Gasteiger charge is -2.32. The van der Waals surface area contributed by atoms with Gasteiger partial charge in [0, 0.05) is 54.6 Å². The molecule has 0 amide bonds. The predicted molar refractivity (Wildman–Crippen MR) is 234 cm³/mol. The Morgan fingerprint density at radius 2 is 1.52 bits per heavy atom. The maximum atomic E-state index is 7.21. The number of allylic oxidation sites excluding steroid dienone is 1. The van der Waals surface area contributed by atoms with Gasteiger partial charge in [0.2, 0.25) is 11.4 Å². The van der Waals surface area contributed by atoms with Crippen molar-refractivity contribution in [3.05, 3.63) is 154 Å². The number of furan rings is 1. The predicted octanol–water partition coefficient (Wildman–Crippen LogP) is 13.0. The highest BCUT2D eigenvalue weighted by atomic mass is 32.1. The number of thiophene rings is 1. The minimum atomic E-state index is 0.0847. The van der Waals surface area contributed by atoms with Crippen LogP contribution in [0.15, 0.2) is 120 Å². The number of pyridine rings is 2. The fourth-order valence-electron chi connectivity index (χ4n) is 10.2. The molecule has 6 heterocycles. The van der Waals surface area contributed by atoms with Crippen molar-refractivity contribution in [3.8, 4) is 33.6 Å². The lowest BCUT2D eigenvalue weighted by atomic mass is 9.76. The van der Waals surface area contributed by atoms with Gasteiger partial charge in [-0.15, -0.1) is 11.3 Å². The van der Waals surface area contributed by atoms with Crippen molar-refractivity contribution in [2.24, 2.45) is 5.41 Å². The van der Waals surface area contributed by atoms with Crippen LogP contribution in [-0.4, -0.2) is 0 Å². The van der Waals surface area contributed by atoms with Crippen molar-refractivity contribution in [1.29, 1.82) is 0 Å². The van der Waals surface area contributed by atoms with Crippen LogP contribution in [0.1, 0.15) is 77.4 Å². The fourth-order valence-corrected chi connectivity index (χ4v) is 11.1. The van der Waals surface area contributed by atoms with Crippen LogP contribution in [0.25, 0.3) is 65.7 Å². The summed E-state index contributed by atoms with van der Waals surface area (Å²) >= 11 is 1.84. The maximum absolute atomic E-state index is 7.21. The third kappa shape index (κ3) is 5.59. The number of nitrogens with zero attached hydrogens (tertiary/aromatic N) is 2. The van der Waals surface area contributed by atoms with Crippen LogP contribution in [-0.2, 0) is 19.4 Å². The molecule has 2 aliphatic heterocycles. The number of hydrogen-bond donors (Lipinski definition) is 0. The molecular formula is C52H50N2OS+2. The van der Waals surface area contributed by atoms with Crippen molar-refractivity contribution >= 4 is 43.4 Å². The third-order valence-electron chi connectivity index (χ3n) is 12.4. The van der Waals surface area contributed by atoms with Gasteiger partial charge in [-0.2, -0.15) is 9.13 Å². The first kappa shape index (κ1) is 35.1. The summed E-state index contributed by atoms with van der Waals surface area (Å²) in [6.45, 7) is 21.7. The average molecular weight is 751 g/mol. The number of aromatic nitrogens is 2. The Balaban J connectivity index is 1.29. The SMILES string of the molecule is C=C1C[n+]2cc(-c3c(C)cccc3C)c(CC(C)(C)C)cc2-c2c(ccc3c2oc2c4cc(C)sc4ccc32)CCC2c3ccccc3-c3ccc(C)c[n+]3C12. The second kappa shape index (κ2) is 12.9. The van der Waals surface area contributed by atoms with Gasteiger partial charge in [0.15, 0.2) is 25.0 Å². The molecule has 2 aliphatic rings. The molecule has 0 bridgehead atoms. The van der Waals surface area contributed by atoms with Crippen LogP contribution < -0.4 is 9.13 Å². The van der Waals surface area contributed by atoms with E-state index in [4.69, 9.17) is 11.0 Å².